The molecule has 1 aromatic heterocycles. The van der Waals surface area contributed by atoms with Gasteiger partial charge in [0.05, 0.1) is 0 Å². The number of hydrogen-bond acceptors (Lipinski definition) is 1. The van der Waals surface area contributed by atoms with Crippen molar-refractivity contribution in [2.24, 2.45) is 0 Å². The van der Waals surface area contributed by atoms with Gasteiger partial charge in [0.2, 0.25) is 5.91 Å². The predicted octanol–water partition coefficient (Wildman–Crippen LogP) is 3.76. The minimum atomic E-state index is 0.175. The molecule has 1 N–H and O–H groups in total. The number of nitrogens with one attached hydrogen (secondary N) is 1. The lowest BCUT2D eigenvalue weighted by atomic mass is 10.1. The molecular formula is C19H20N2O. The van der Waals surface area contributed by atoms with Crippen LogP contribution in [-0.2, 0) is 17.8 Å². The van der Waals surface area contributed by atoms with E-state index in [0.29, 0.717) is 13.0 Å². The fourth-order valence-electron chi connectivity index (χ4n) is 2.72. The Balaban J connectivity index is 1.60. The maximum Gasteiger partial charge on any atom is 0.222 e. The fourth-order valence-corrected chi connectivity index (χ4v) is 2.72. The lowest BCUT2D eigenvalue weighted by Crippen LogP contribution is -2.26. The van der Waals surface area contributed by atoms with E-state index in [1.165, 1.54) is 10.9 Å². The van der Waals surface area contributed by atoms with Crippen LogP contribution < -0.4 is 0 Å². The van der Waals surface area contributed by atoms with Gasteiger partial charge in [-0.15, -0.1) is 0 Å². The van der Waals surface area contributed by atoms with Crippen LogP contribution in [0.5, 0.6) is 0 Å². The summed E-state index contributed by atoms with van der Waals surface area (Å²) in [6.07, 6.45) is 3.31. The van der Waals surface area contributed by atoms with Crippen LogP contribution >= 0.6 is 0 Å². The number of amides is 1. The van der Waals surface area contributed by atoms with Gasteiger partial charge in [0.25, 0.3) is 0 Å². The van der Waals surface area contributed by atoms with E-state index in [2.05, 4.69) is 17.1 Å². The quantitative estimate of drug-likeness (QED) is 0.763. The highest BCUT2D eigenvalue weighted by atomic mass is 16.2. The molecular weight excluding hydrogens is 272 g/mol. The number of aryl methyl sites for hydroxylation is 1. The Morgan fingerprint density at radius 3 is 2.59 bits per heavy atom. The van der Waals surface area contributed by atoms with Gasteiger partial charge in [-0.1, -0.05) is 48.5 Å². The van der Waals surface area contributed by atoms with Crippen LogP contribution in [0.2, 0.25) is 0 Å². The molecule has 2 aromatic carbocycles. The molecule has 3 rings (SSSR count). The molecule has 0 unspecified atom stereocenters. The second kappa shape index (κ2) is 6.48. The minimum absolute atomic E-state index is 0.175. The highest BCUT2D eigenvalue weighted by molar-refractivity contribution is 5.84. The minimum Gasteiger partial charge on any atom is -0.361 e. The molecule has 3 aromatic rings. The number of nitrogens with zero attached hydrogens (tertiary/aromatic N) is 1. The van der Waals surface area contributed by atoms with Gasteiger partial charge in [-0.3, -0.25) is 4.79 Å². The number of fused-ring (bicyclic) bond motifs is 1. The molecule has 22 heavy (non-hydrogen) atoms. The number of aromatic amines is 1. The van der Waals surface area contributed by atoms with E-state index in [9.17, 15) is 4.79 Å². The Bertz CT molecular complexity index is 761. The fraction of sp³-hybridized carbons (Fsp3) is 0.211. The monoisotopic (exact) mass is 292 g/mol. The molecule has 3 nitrogen and oxygen atoms in total. The highest BCUT2D eigenvalue weighted by Crippen LogP contribution is 2.19. The number of carbonyl (C=O) groups excluding carboxylic acids is 1. The Morgan fingerprint density at radius 1 is 1.05 bits per heavy atom. The third-order valence-electron chi connectivity index (χ3n) is 3.97. The molecule has 112 valence electrons. The number of H-pyrrole nitrogens is 1. The zero-order chi connectivity index (χ0) is 15.4. The topological polar surface area (TPSA) is 36.1 Å². The summed E-state index contributed by atoms with van der Waals surface area (Å²) < 4.78 is 0. The number of hydrogen-bond donors (Lipinski definition) is 1. The lowest BCUT2D eigenvalue weighted by molar-refractivity contribution is -0.130. The van der Waals surface area contributed by atoms with Crippen molar-refractivity contribution in [3.05, 3.63) is 71.9 Å². The molecule has 0 aliphatic heterocycles. The molecule has 0 aliphatic carbocycles. The Morgan fingerprint density at radius 2 is 1.77 bits per heavy atom. The first-order chi connectivity index (χ1) is 10.7. The largest absolute Gasteiger partial charge is 0.361 e. The summed E-state index contributed by atoms with van der Waals surface area (Å²) in [5.74, 6) is 0.175. The van der Waals surface area contributed by atoms with Crippen molar-refractivity contribution in [2.45, 2.75) is 19.4 Å². The van der Waals surface area contributed by atoms with Gasteiger partial charge in [-0.2, -0.15) is 0 Å². The van der Waals surface area contributed by atoms with Crippen molar-refractivity contribution in [3.63, 3.8) is 0 Å². The van der Waals surface area contributed by atoms with Crippen LogP contribution in [0.4, 0.5) is 0 Å². The van der Waals surface area contributed by atoms with Crippen molar-refractivity contribution in [3.8, 4) is 0 Å². The molecule has 0 spiro atoms. The van der Waals surface area contributed by atoms with Gasteiger partial charge in [0.15, 0.2) is 0 Å². The molecule has 0 fully saturated rings. The average molecular weight is 292 g/mol. The molecule has 0 saturated carbocycles. The normalized spacial score (nSPS) is 10.8. The molecule has 0 saturated heterocycles. The smallest absolute Gasteiger partial charge is 0.222 e. The standard InChI is InChI=1S/C19H20N2O/c1-21(14-15-7-3-2-4-8-15)19(22)12-11-16-13-20-18-10-6-5-9-17(16)18/h2-10,13,20H,11-12,14H2,1H3. The van der Waals surface area contributed by atoms with E-state index >= 15 is 0 Å². The zero-order valence-electron chi connectivity index (χ0n) is 12.8. The molecule has 1 heterocycles. The summed E-state index contributed by atoms with van der Waals surface area (Å²) in [6, 6.07) is 18.3. The first-order valence-corrected chi connectivity index (χ1v) is 7.57. The summed E-state index contributed by atoms with van der Waals surface area (Å²) in [5, 5.41) is 1.21. The Kier molecular flexibility index (Phi) is 4.24. The van der Waals surface area contributed by atoms with Gasteiger partial charge in [0.1, 0.15) is 0 Å². The Hall–Kier alpha value is -2.55. The first kappa shape index (κ1) is 14.4. The second-order valence-electron chi connectivity index (χ2n) is 5.59. The molecule has 3 heteroatoms. The number of benzene rings is 2. The van der Waals surface area contributed by atoms with Crippen LogP contribution in [0.25, 0.3) is 10.9 Å². The average Bonchev–Trinajstić information content (AvgIpc) is 2.97. The number of para-hydroxylation sites is 1. The molecule has 0 bridgehead atoms. The third kappa shape index (κ3) is 3.19. The Labute approximate surface area is 130 Å². The predicted molar refractivity (Wildman–Crippen MR) is 89.5 cm³/mol. The third-order valence-corrected chi connectivity index (χ3v) is 3.97. The van der Waals surface area contributed by atoms with Crippen molar-refractivity contribution in [2.75, 3.05) is 7.05 Å². The second-order valence-corrected chi connectivity index (χ2v) is 5.59. The maximum absolute atomic E-state index is 12.3. The van der Waals surface area contributed by atoms with Crippen molar-refractivity contribution < 1.29 is 4.79 Å². The number of rotatable bonds is 5. The summed E-state index contributed by atoms with van der Waals surface area (Å²) in [6.45, 7) is 0.660. The van der Waals surface area contributed by atoms with Crippen LogP contribution in [-0.4, -0.2) is 22.8 Å². The van der Waals surface area contributed by atoms with Gasteiger partial charge < -0.3 is 9.88 Å². The summed E-state index contributed by atoms with van der Waals surface area (Å²) in [5.41, 5.74) is 3.49. The van der Waals surface area contributed by atoms with E-state index in [1.54, 1.807) is 4.90 Å². The van der Waals surface area contributed by atoms with Gasteiger partial charge in [0, 0.05) is 37.1 Å². The van der Waals surface area contributed by atoms with E-state index in [1.807, 2.05) is 55.7 Å². The summed E-state index contributed by atoms with van der Waals surface area (Å²) in [4.78, 5) is 17.3. The molecule has 0 radical (unpaired) electrons. The van der Waals surface area contributed by atoms with Crippen LogP contribution in [0.1, 0.15) is 17.5 Å². The van der Waals surface area contributed by atoms with E-state index in [0.717, 1.165) is 17.5 Å². The number of carbonyl (C=O) groups is 1. The van der Waals surface area contributed by atoms with Gasteiger partial charge >= 0.3 is 0 Å². The van der Waals surface area contributed by atoms with E-state index in [-0.39, 0.29) is 5.91 Å². The van der Waals surface area contributed by atoms with Crippen LogP contribution in [0.3, 0.4) is 0 Å². The van der Waals surface area contributed by atoms with Crippen molar-refractivity contribution in [1.29, 1.82) is 0 Å². The SMILES string of the molecule is CN(Cc1ccccc1)C(=O)CCc1c[nH]c2ccccc12. The maximum atomic E-state index is 12.3. The lowest BCUT2D eigenvalue weighted by Gasteiger charge is -2.17. The van der Waals surface area contributed by atoms with Crippen LogP contribution in [0.15, 0.2) is 60.8 Å². The molecule has 0 aliphatic rings. The van der Waals surface area contributed by atoms with E-state index in [4.69, 9.17) is 0 Å². The number of aromatic nitrogens is 1. The van der Waals surface area contributed by atoms with Crippen molar-refractivity contribution in [1.82, 2.24) is 9.88 Å². The zero-order valence-corrected chi connectivity index (χ0v) is 12.8. The van der Waals surface area contributed by atoms with Gasteiger partial charge in [-0.05, 0) is 23.6 Å². The van der Waals surface area contributed by atoms with Gasteiger partial charge in [-0.25, -0.2) is 0 Å². The summed E-state index contributed by atoms with van der Waals surface area (Å²) in [7, 11) is 1.87. The van der Waals surface area contributed by atoms with Crippen LogP contribution in [0, 0.1) is 0 Å². The summed E-state index contributed by atoms with van der Waals surface area (Å²) >= 11 is 0. The first-order valence-electron chi connectivity index (χ1n) is 7.57. The highest BCUT2D eigenvalue weighted by Gasteiger charge is 2.11. The van der Waals surface area contributed by atoms with E-state index < -0.39 is 0 Å². The van der Waals surface area contributed by atoms with Crippen molar-refractivity contribution >= 4 is 16.8 Å². The molecule has 0 atom stereocenters. The molecule has 1 amide bonds.